The molecule has 0 aliphatic carbocycles. The van der Waals surface area contributed by atoms with Crippen LogP contribution in [0.2, 0.25) is 5.02 Å². The number of hydrogen-bond donors (Lipinski definition) is 1. The maximum absolute atomic E-state index is 12.4. The summed E-state index contributed by atoms with van der Waals surface area (Å²) in [6, 6.07) is 12.3. The van der Waals surface area contributed by atoms with Crippen molar-refractivity contribution in [1.29, 1.82) is 0 Å². The van der Waals surface area contributed by atoms with Gasteiger partial charge in [0.05, 0.1) is 5.02 Å². The van der Waals surface area contributed by atoms with E-state index in [2.05, 4.69) is 19.2 Å². The van der Waals surface area contributed by atoms with Gasteiger partial charge in [0.1, 0.15) is 11.3 Å². The fraction of sp³-hybridized carbons (Fsp3) is 0.273. The first kappa shape index (κ1) is 20.0. The molecule has 0 radical (unpaired) electrons. The molecule has 1 aromatic heterocycles. The lowest BCUT2D eigenvalue weighted by molar-refractivity contribution is -0.118. The van der Waals surface area contributed by atoms with Gasteiger partial charge in [-0.05, 0) is 42.5 Å². The maximum atomic E-state index is 12.4. The zero-order valence-electron chi connectivity index (χ0n) is 16.0. The second-order valence-corrected chi connectivity index (χ2v) is 7.17. The Morgan fingerprint density at radius 2 is 2.00 bits per heavy atom. The molecule has 1 N–H and O–H groups in total. The van der Waals surface area contributed by atoms with Crippen molar-refractivity contribution in [3.05, 3.63) is 69.0 Å². The zero-order valence-corrected chi connectivity index (χ0v) is 16.8. The molecule has 2 aromatic carbocycles. The summed E-state index contributed by atoms with van der Waals surface area (Å²) in [5, 5.41) is 3.96. The molecule has 1 heterocycles. The van der Waals surface area contributed by atoms with Crippen LogP contribution in [0, 0.1) is 6.92 Å². The predicted octanol–water partition coefficient (Wildman–Crippen LogP) is 5.29. The van der Waals surface area contributed by atoms with E-state index in [0.29, 0.717) is 16.5 Å². The summed E-state index contributed by atoms with van der Waals surface area (Å²) in [7, 11) is 0. The first-order valence-electron chi connectivity index (χ1n) is 9.14. The number of aryl methyl sites for hydroxylation is 1. The quantitative estimate of drug-likeness (QED) is 0.572. The van der Waals surface area contributed by atoms with Gasteiger partial charge < -0.3 is 14.5 Å². The number of fused-ring (bicyclic) bond motifs is 1. The van der Waals surface area contributed by atoms with Crippen LogP contribution in [-0.2, 0) is 4.79 Å². The summed E-state index contributed by atoms with van der Waals surface area (Å²) in [6.45, 7) is 5.81. The Balaban J connectivity index is 1.75. The first-order chi connectivity index (χ1) is 13.4. The van der Waals surface area contributed by atoms with Gasteiger partial charge in [0.25, 0.3) is 5.91 Å². The van der Waals surface area contributed by atoms with Crippen molar-refractivity contribution in [3.63, 3.8) is 0 Å². The Kier molecular flexibility index (Phi) is 6.05. The fourth-order valence-corrected chi connectivity index (χ4v) is 3.24. The van der Waals surface area contributed by atoms with Crippen molar-refractivity contribution in [2.24, 2.45) is 0 Å². The molecule has 6 heteroatoms. The highest BCUT2D eigenvalue weighted by molar-refractivity contribution is 6.32. The minimum absolute atomic E-state index is 0.212. The van der Waals surface area contributed by atoms with Crippen molar-refractivity contribution >= 4 is 34.2 Å². The van der Waals surface area contributed by atoms with Crippen molar-refractivity contribution in [1.82, 2.24) is 0 Å². The summed E-state index contributed by atoms with van der Waals surface area (Å²) in [5.41, 5.74) is 2.54. The highest BCUT2D eigenvalue weighted by atomic mass is 35.5. The Bertz CT molecular complexity index is 1070. The van der Waals surface area contributed by atoms with Crippen molar-refractivity contribution in [2.75, 3.05) is 11.9 Å². The molecule has 28 heavy (non-hydrogen) atoms. The molecule has 1 unspecified atom stereocenters. The van der Waals surface area contributed by atoms with Gasteiger partial charge in [0, 0.05) is 23.2 Å². The molecule has 0 aliphatic heterocycles. The monoisotopic (exact) mass is 399 g/mol. The predicted molar refractivity (Wildman–Crippen MR) is 112 cm³/mol. The number of rotatable bonds is 6. The summed E-state index contributed by atoms with van der Waals surface area (Å²) >= 11 is 6.27. The molecular formula is C22H22ClNO4. The van der Waals surface area contributed by atoms with E-state index in [9.17, 15) is 9.59 Å². The summed E-state index contributed by atoms with van der Waals surface area (Å²) in [4.78, 5) is 24.0. The zero-order chi connectivity index (χ0) is 20.3. The van der Waals surface area contributed by atoms with Crippen LogP contribution in [-0.4, -0.2) is 12.5 Å². The second-order valence-electron chi connectivity index (χ2n) is 6.76. The minimum atomic E-state index is -0.447. The Morgan fingerprint density at radius 3 is 2.75 bits per heavy atom. The number of carbonyl (C=O) groups is 1. The molecule has 1 atom stereocenters. The Hall–Kier alpha value is -2.79. The molecule has 0 fully saturated rings. The summed E-state index contributed by atoms with van der Waals surface area (Å²) < 4.78 is 10.8. The van der Waals surface area contributed by atoms with Gasteiger partial charge in [0.2, 0.25) is 0 Å². The summed E-state index contributed by atoms with van der Waals surface area (Å²) in [5.74, 6) is 0.323. The van der Waals surface area contributed by atoms with E-state index in [1.165, 1.54) is 12.1 Å². The molecule has 3 rings (SSSR count). The van der Waals surface area contributed by atoms with E-state index in [1.807, 2.05) is 24.3 Å². The molecule has 146 valence electrons. The van der Waals surface area contributed by atoms with Crippen LogP contribution in [0.3, 0.4) is 0 Å². The number of hydrogen-bond acceptors (Lipinski definition) is 4. The number of amides is 1. The number of anilines is 1. The van der Waals surface area contributed by atoms with Crippen LogP contribution in [0.4, 0.5) is 5.69 Å². The molecule has 0 aliphatic rings. The number of para-hydroxylation sites is 1. The fourth-order valence-electron chi connectivity index (χ4n) is 3.02. The van der Waals surface area contributed by atoms with Gasteiger partial charge in [0.15, 0.2) is 6.61 Å². The van der Waals surface area contributed by atoms with Crippen LogP contribution in [0.5, 0.6) is 5.75 Å². The van der Waals surface area contributed by atoms with E-state index in [4.69, 9.17) is 20.8 Å². The van der Waals surface area contributed by atoms with Crippen molar-refractivity contribution < 1.29 is 13.9 Å². The molecule has 0 bridgehead atoms. The van der Waals surface area contributed by atoms with Crippen LogP contribution < -0.4 is 15.7 Å². The molecule has 0 saturated heterocycles. The van der Waals surface area contributed by atoms with Crippen LogP contribution in [0.15, 0.2) is 51.7 Å². The number of nitrogens with one attached hydrogen (secondary N) is 1. The lowest BCUT2D eigenvalue weighted by Gasteiger charge is -2.16. The number of ether oxygens (including phenoxy) is 1. The Labute approximate surface area is 168 Å². The number of carbonyl (C=O) groups excluding carboxylic acids is 1. The van der Waals surface area contributed by atoms with Gasteiger partial charge in [-0.3, -0.25) is 4.79 Å². The third-order valence-electron chi connectivity index (χ3n) is 4.74. The normalized spacial score (nSPS) is 12.0. The molecule has 1 amide bonds. The topological polar surface area (TPSA) is 68.5 Å². The van der Waals surface area contributed by atoms with E-state index in [-0.39, 0.29) is 18.3 Å². The molecule has 3 aromatic rings. The van der Waals surface area contributed by atoms with Crippen LogP contribution in [0.1, 0.15) is 37.3 Å². The van der Waals surface area contributed by atoms with E-state index >= 15 is 0 Å². The molecule has 0 saturated carbocycles. The van der Waals surface area contributed by atoms with Crippen molar-refractivity contribution in [3.8, 4) is 5.75 Å². The smallest absolute Gasteiger partial charge is 0.336 e. The van der Waals surface area contributed by atoms with E-state index in [0.717, 1.165) is 28.6 Å². The van der Waals surface area contributed by atoms with Gasteiger partial charge in [-0.25, -0.2) is 4.79 Å². The van der Waals surface area contributed by atoms with Crippen LogP contribution in [0.25, 0.3) is 11.0 Å². The molecule has 0 spiro atoms. The minimum Gasteiger partial charge on any atom is -0.482 e. The lowest BCUT2D eigenvalue weighted by Crippen LogP contribution is -2.21. The second kappa shape index (κ2) is 8.48. The SMILES string of the molecule is CCC(C)c1ccccc1NC(=O)COc1cc2oc(=O)cc(C)c2cc1Cl. The molecule has 5 nitrogen and oxygen atoms in total. The van der Waals surface area contributed by atoms with Gasteiger partial charge in [-0.1, -0.05) is 43.6 Å². The van der Waals surface area contributed by atoms with E-state index < -0.39 is 5.63 Å². The van der Waals surface area contributed by atoms with E-state index in [1.54, 1.807) is 13.0 Å². The largest absolute Gasteiger partial charge is 0.482 e. The summed E-state index contributed by atoms with van der Waals surface area (Å²) in [6.07, 6.45) is 0.973. The van der Waals surface area contributed by atoms with Crippen molar-refractivity contribution in [2.45, 2.75) is 33.1 Å². The van der Waals surface area contributed by atoms with Gasteiger partial charge in [-0.15, -0.1) is 0 Å². The lowest BCUT2D eigenvalue weighted by atomic mass is 9.97. The molecular weight excluding hydrogens is 378 g/mol. The first-order valence-corrected chi connectivity index (χ1v) is 9.52. The number of halogens is 1. The standard InChI is InChI=1S/C22H22ClNO4/c1-4-13(2)15-7-5-6-8-18(15)24-21(25)12-27-20-11-19-16(10-17(20)23)14(3)9-22(26)28-19/h5-11,13H,4,12H2,1-3H3,(H,24,25). The van der Waals surface area contributed by atoms with Crippen LogP contribution >= 0.6 is 11.6 Å². The highest BCUT2D eigenvalue weighted by Crippen LogP contribution is 2.31. The third-order valence-corrected chi connectivity index (χ3v) is 5.04. The highest BCUT2D eigenvalue weighted by Gasteiger charge is 2.13. The Morgan fingerprint density at radius 1 is 1.25 bits per heavy atom. The average Bonchev–Trinajstić information content (AvgIpc) is 2.67. The average molecular weight is 400 g/mol. The maximum Gasteiger partial charge on any atom is 0.336 e. The number of benzene rings is 2. The third kappa shape index (κ3) is 4.37. The van der Waals surface area contributed by atoms with Gasteiger partial charge >= 0.3 is 5.63 Å². The van der Waals surface area contributed by atoms with Gasteiger partial charge in [-0.2, -0.15) is 0 Å².